The number of nitrogens with one attached hydrogen (secondary N) is 1. The number of anilines is 1. The fourth-order valence-corrected chi connectivity index (χ4v) is 5.23. The highest BCUT2D eigenvalue weighted by atomic mass is 32.2. The summed E-state index contributed by atoms with van der Waals surface area (Å²) in [6, 6.07) is 12.0. The number of aryl methyl sites for hydroxylation is 2. The van der Waals surface area contributed by atoms with Gasteiger partial charge in [0.05, 0.1) is 11.4 Å². The molecule has 0 saturated carbocycles. The molecule has 2 aliphatic heterocycles. The molecule has 0 bridgehead atoms. The molecule has 2 heterocycles. The summed E-state index contributed by atoms with van der Waals surface area (Å²) in [7, 11) is -3.77. The third kappa shape index (κ3) is 3.77. The zero-order valence-corrected chi connectivity index (χ0v) is 17.0. The van der Waals surface area contributed by atoms with Crippen molar-refractivity contribution in [3.63, 3.8) is 0 Å². The first kappa shape index (κ1) is 19.6. The van der Waals surface area contributed by atoms with Gasteiger partial charge in [-0.2, -0.15) is 4.31 Å². The predicted molar refractivity (Wildman–Crippen MR) is 109 cm³/mol. The number of hydrogen-bond acceptors (Lipinski definition) is 4. The largest absolute Gasteiger partial charge is 0.354 e. The molecular weight excluding hydrogens is 390 g/mol. The smallest absolute Gasteiger partial charge is 0.258 e. The summed E-state index contributed by atoms with van der Waals surface area (Å²) in [5.74, 6) is -0.457. The highest BCUT2D eigenvalue weighted by Crippen LogP contribution is 2.29. The fraction of sp³-hybridized carbons (Fsp3) is 0.333. The second-order valence-electron chi connectivity index (χ2n) is 7.41. The Balaban J connectivity index is 1.57. The van der Waals surface area contributed by atoms with Crippen molar-refractivity contribution in [1.82, 2.24) is 9.62 Å². The van der Waals surface area contributed by atoms with E-state index in [0.717, 1.165) is 28.4 Å². The van der Waals surface area contributed by atoms with E-state index in [-0.39, 0.29) is 29.8 Å². The van der Waals surface area contributed by atoms with E-state index in [2.05, 4.69) is 11.4 Å². The van der Waals surface area contributed by atoms with Crippen LogP contribution in [0.15, 0.2) is 47.4 Å². The monoisotopic (exact) mass is 413 g/mol. The number of fused-ring (bicyclic) bond motifs is 1. The Labute approximate surface area is 170 Å². The van der Waals surface area contributed by atoms with Crippen LogP contribution in [-0.2, 0) is 21.2 Å². The second-order valence-corrected chi connectivity index (χ2v) is 9.34. The van der Waals surface area contributed by atoms with Crippen molar-refractivity contribution < 1.29 is 18.0 Å². The normalized spacial score (nSPS) is 17.6. The molecule has 4 rings (SSSR count). The Morgan fingerprint density at radius 1 is 1.07 bits per heavy atom. The van der Waals surface area contributed by atoms with Gasteiger partial charge in [-0.05, 0) is 55.7 Å². The molecule has 1 N–H and O–H groups in total. The van der Waals surface area contributed by atoms with Crippen molar-refractivity contribution >= 4 is 27.5 Å². The molecule has 0 unspecified atom stereocenters. The minimum atomic E-state index is -3.77. The molecule has 1 fully saturated rings. The minimum absolute atomic E-state index is 0.0819. The highest BCUT2D eigenvalue weighted by molar-refractivity contribution is 7.89. The summed E-state index contributed by atoms with van der Waals surface area (Å²) in [6.07, 6.45) is 1.84. The first-order valence-electron chi connectivity index (χ1n) is 9.64. The van der Waals surface area contributed by atoms with Crippen molar-refractivity contribution in [1.29, 1.82) is 0 Å². The van der Waals surface area contributed by atoms with E-state index in [1.807, 2.05) is 19.1 Å². The first-order valence-corrected chi connectivity index (χ1v) is 11.1. The molecule has 0 aromatic heterocycles. The maximum Gasteiger partial charge on any atom is 0.258 e. The van der Waals surface area contributed by atoms with Crippen LogP contribution in [-0.4, -0.2) is 50.7 Å². The van der Waals surface area contributed by atoms with Crippen LogP contribution < -0.4 is 10.2 Å². The molecule has 0 aliphatic carbocycles. The van der Waals surface area contributed by atoms with Crippen LogP contribution in [0.4, 0.5) is 5.69 Å². The van der Waals surface area contributed by atoms with E-state index in [4.69, 9.17) is 0 Å². The Hall–Kier alpha value is -2.71. The molecule has 2 amide bonds. The molecule has 7 nitrogen and oxygen atoms in total. The Morgan fingerprint density at radius 2 is 1.83 bits per heavy atom. The summed E-state index contributed by atoms with van der Waals surface area (Å²) in [5.41, 5.74) is 3.68. The van der Waals surface area contributed by atoms with E-state index < -0.39 is 10.0 Å². The van der Waals surface area contributed by atoms with E-state index in [0.29, 0.717) is 18.7 Å². The summed E-state index contributed by atoms with van der Waals surface area (Å²) in [6.45, 7) is 3.01. The molecular formula is C21H23N3O4S. The first-order chi connectivity index (χ1) is 13.9. The van der Waals surface area contributed by atoms with Crippen LogP contribution in [0.25, 0.3) is 0 Å². The molecule has 0 atom stereocenters. The van der Waals surface area contributed by atoms with Gasteiger partial charge in [0.15, 0.2) is 0 Å². The third-order valence-corrected chi connectivity index (χ3v) is 7.20. The SMILES string of the molecule is Cc1ccc2c(c1)CCCN2C(=O)c1ccc(S(=O)(=O)N2CCNC(=O)C2)cc1. The highest BCUT2D eigenvalue weighted by Gasteiger charge is 2.30. The van der Waals surface area contributed by atoms with Crippen molar-refractivity contribution in [2.24, 2.45) is 0 Å². The standard InChI is InChI=1S/C21H23N3O4S/c1-15-4-9-19-17(13-15)3-2-11-24(19)21(26)16-5-7-18(8-6-16)29(27,28)23-12-10-22-20(25)14-23/h4-9,13H,2-3,10-12,14H2,1H3,(H,22,25). The van der Waals surface area contributed by atoms with Crippen LogP contribution in [0.2, 0.25) is 0 Å². The van der Waals surface area contributed by atoms with Gasteiger partial charge < -0.3 is 10.2 Å². The van der Waals surface area contributed by atoms with E-state index in [9.17, 15) is 18.0 Å². The van der Waals surface area contributed by atoms with Gasteiger partial charge >= 0.3 is 0 Å². The molecule has 152 valence electrons. The van der Waals surface area contributed by atoms with Gasteiger partial charge in [0.1, 0.15) is 0 Å². The van der Waals surface area contributed by atoms with Crippen LogP contribution in [0.5, 0.6) is 0 Å². The number of sulfonamides is 1. The lowest BCUT2D eigenvalue weighted by Crippen LogP contribution is -2.49. The molecule has 2 aromatic rings. The lowest BCUT2D eigenvalue weighted by molar-refractivity contribution is -0.122. The van der Waals surface area contributed by atoms with E-state index >= 15 is 0 Å². The van der Waals surface area contributed by atoms with Crippen molar-refractivity contribution in [3.8, 4) is 0 Å². The van der Waals surface area contributed by atoms with Gasteiger partial charge in [0.25, 0.3) is 5.91 Å². The van der Waals surface area contributed by atoms with Crippen LogP contribution in [0, 0.1) is 6.92 Å². The predicted octanol–water partition coefficient (Wildman–Crippen LogP) is 1.71. The molecule has 1 saturated heterocycles. The average Bonchev–Trinajstić information content (AvgIpc) is 2.72. The Bertz CT molecular complexity index is 1060. The molecule has 0 radical (unpaired) electrons. The third-order valence-electron chi connectivity index (χ3n) is 5.34. The van der Waals surface area contributed by atoms with Crippen LogP contribution in [0.3, 0.4) is 0 Å². The van der Waals surface area contributed by atoms with Gasteiger partial charge in [0, 0.05) is 30.9 Å². The zero-order valence-electron chi connectivity index (χ0n) is 16.2. The van der Waals surface area contributed by atoms with Crippen molar-refractivity contribution in [3.05, 3.63) is 59.2 Å². The van der Waals surface area contributed by atoms with Gasteiger partial charge in [0.2, 0.25) is 15.9 Å². The van der Waals surface area contributed by atoms with E-state index in [1.54, 1.807) is 17.0 Å². The topological polar surface area (TPSA) is 86.8 Å². The van der Waals surface area contributed by atoms with Gasteiger partial charge in [-0.3, -0.25) is 9.59 Å². The van der Waals surface area contributed by atoms with Gasteiger partial charge in [-0.15, -0.1) is 0 Å². The molecule has 8 heteroatoms. The summed E-state index contributed by atoms with van der Waals surface area (Å²) < 4.78 is 26.7. The number of nitrogens with zero attached hydrogens (tertiary/aromatic N) is 2. The number of benzene rings is 2. The summed E-state index contributed by atoms with van der Waals surface area (Å²) >= 11 is 0. The molecule has 2 aromatic carbocycles. The maximum atomic E-state index is 13.1. The van der Waals surface area contributed by atoms with Crippen molar-refractivity contribution in [2.45, 2.75) is 24.7 Å². The van der Waals surface area contributed by atoms with Gasteiger partial charge in [-0.25, -0.2) is 8.42 Å². The van der Waals surface area contributed by atoms with Crippen molar-refractivity contribution in [2.75, 3.05) is 31.1 Å². The minimum Gasteiger partial charge on any atom is -0.354 e. The average molecular weight is 413 g/mol. The number of piperazine rings is 1. The van der Waals surface area contributed by atoms with E-state index in [1.165, 1.54) is 17.7 Å². The van der Waals surface area contributed by atoms with Gasteiger partial charge in [-0.1, -0.05) is 17.7 Å². The zero-order chi connectivity index (χ0) is 20.6. The Kier molecular flexibility index (Phi) is 5.14. The lowest BCUT2D eigenvalue weighted by Gasteiger charge is -2.30. The number of amides is 2. The lowest BCUT2D eigenvalue weighted by atomic mass is 9.99. The number of carbonyl (C=O) groups excluding carboxylic acids is 2. The Morgan fingerprint density at radius 3 is 2.55 bits per heavy atom. The number of hydrogen-bond donors (Lipinski definition) is 1. The quantitative estimate of drug-likeness (QED) is 0.830. The molecule has 0 spiro atoms. The molecule has 2 aliphatic rings. The summed E-state index contributed by atoms with van der Waals surface area (Å²) in [5, 5.41) is 2.61. The number of carbonyl (C=O) groups is 2. The number of rotatable bonds is 3. The fourth-order valence-electron chi connectivity index (χ4n) is 3.83. The summed E-state index contributed by atoms with van der Waals surface area (Å²) in [4.78, 5) is 26.4. The van der Waals surface area contributed by atoms with Crippen LogP contribution >= 0.6 is 0 Å². The maximum absolute atomic E-state index is 13.1. The second kappa shape index (κ2) is 7.61. The molecule has 29 heavy (non-hydrogen) atoms. The van der Waals surface area contributed by atoms with Crippen LogP contribution in [0.1, 0.15) is 27.9 Å².